The van der Waals surface area contributed by atoms with Gasteiger partial charge in [-0.25, -0.2) is 13.4 Å². The molecule has 1 aromatic heterocycles. The van der Waals surface area contributed by atoms with E-state index in [0.717, 1.165) is 0 Å². The van der Waals surface area contributed by atoms with Gasteiger partial charge in [0.2, 0.25) is 0 Å². The van der Waals surface area contributed by atoms with Crippen molar-refractivity contribution >= 4 is 10.0 Å². The zero-order chi connectivity index (χ0) is 10.9. The summed E-state index contributed by atoms with van der Waals surface area (Å²) in [5.41, 5.74) is 5.66. The van der Waals surface area contributed by atoms with Crippen molar-refractivity contribution in [3.05, 3.63) is 12.5 Å². The van der Waals surface area contributed by atoms with Crippen LogP contribution in [0.2, 0.25) is 0 Å². The predicted molar refractivity (Wildman–Crippen MR) is 51.3 cm³/mol. The molecule has 2 rings (SSSR count). The Labute approximate surface area is 87.3 Å². The number of rotatable bonds is 2. The van der Waals surface area contributed by atoms with Crippen LogP contribution in [0.1, 0.15) is 0 Å². The van der Waals surface area contributed by atoms with Gasteiger partial charge >= 0.3 is 0 Å². The van der Waals surface area contributed by atoms with E-state index in [1.807, 2.05) is 0 Å². The molecule has 0 aromatic carbocycles. The number of ether oxygens (including phenoxy) is 1. The van der Waals surface area contributed by atoms with Crippen molar-refractivity contribution in [1.82, 2.24) is 14.3 Å². The summed E-state index contributed by atoms with van der Waals surface area (Å²) in [6.07, 6.45) is 1.95. The first kappa shape index (κ1) is 10.6. The van der Waals surface area contributed by atoms with Crippen LogP contribution in [0.15, 0.2) is 17.6 Å². The highest BCUT2D eigenvalue weighted by atomic mass is 32.2. The smallest absolute Gasteiger partial charge is 0.261 e. The Morgan fingerprint density at radius 1 is 1.67 bits per heavy atom. The monoisotopic (exact) mass is 232 g/mol. The van der Waals surface area contributed by atoms with Crippen molar-refractivity contribution < 1.29 is 13.2 Å². The fourth-order valence-electron chi connectivity index (χ4n) is 1.42. The Morgan fingerprint density at radius 3 is 3.07 bits per heavy atom. The second-order valence-electron chi connectivity index (χ2n) is 3.17. The van der Waals surface area contributed by atoms with Gasteiger partial charge in [0.25, 0.3) is 10.0 Å². The number of hydrogen-bond acceptors (Lipinski definition) is 5. The van der Waals surface area contributed by atoms with Gasteiger partial charge in [-0.05, 0) is 0 Å². The maximum atomic E-state index is 12.0. The summed E-state index contributed by atoms with van der Waals surface area (Å²) >= 11 is 0. The number of nitrogens with zero attached hydrogens (tertiary/aromatic N) is 2. The molecule has 1 aliphatic heterocycles. The minimum Gasteiger partial charge on any atom is -0.377 e. The van der Waals surface area contributed by atoms with Crippen molar-refractivity contribution in [2.24, 2.45) is 5.73 Å². The van der Waals surface area contributed by atoms with Gasteiger partial charge in [0.1, 0.15) is 0 Å². The van der Waals surface area contributed by atoms with Crippen LogP contribution in [0.25, 0.3) is 0 Å². The molecule has 3 N–H and O–H groups in total. The Morgan fingerprint density at radius 2 is 2.47 bits per heavy atom. The van der Waals surface area contributed by atoms with Crippen molar-refractivity contribution in [3.8, 4) is 0 Å². The summed E-state index contributed by atoms with van der Waals surface area (Å²) in [5, 5.41) is 0.0554. The van der Waals surface area contributed by atoms with Gasteiger partial charge < -0.3 is 15.5 Å². The van der Waals surface area contributed by atoms with Crippen LogP contribution in [0, 0.1) is 0 Å². The Balaban J connectivity index is 2.29. The van der Waals surface area contributed by atoms with E-state index in [1.165, 1.54) is 16.8 Å². The first-order valence-electron chi connectivity index (χ1n) is 4.46. The number of morpholine rings is 1. The lowest BCUT2D eigenvalue weighted by Gasteiger charge is -2.31. The van der Waals surface area contributed by atoms with E-state index in [9.17, 15) is 8.42 Å². The van der Waals surface area contributed by atoms with Gasteiger partial charge in [0.05, 0.1) is 31.9 Å². The lowest BCUT2D eigenvalue weighted by molar-refractivity contribution is 0.0349. The molecule has 7 nitrogen and oxygen atoms in total. The number of H-pyrrole nitrogens is 1. The molecule has 0 amide bonds. The van der Waals surface area contributed by atoms with Crippen molar-refractivity contribution in [3.63, 3.8) is 0 Å². The number of aromatic amines is 1. The molecule has 15 heavy (non-hydrogen) atoms. The highest BCUT2D eigenvalue weighted by molar-refractivity contribution is 7.89. The fourth-order valence-corrected chi connectivity index (χ4v) is 2.80. The second-order valence-corrected chi connectivity index (χ2v) is 5.03. The largest absolute Gasteiger partial charge is 0.377 e. The molecule has 2 heterocycles. The van der Waals surface area contributed by atoms with E-state index in [4.69, 9.17) is 10.5 Å². The van der Waals surface area contributed by atoms with E-state index in [1.54, 1.807) is 0 Å². The molecule has 1 atom stereocenters. The molecule has 1 fully saturated rings. The van der Waals surface area contributed by atoms with E-state index >= 15 is 0 Å². The third-order valence-corrected chi connectivity index (χ3v) is 4.02. The third-order valence-electron chi connectivity index (χ3n) is 2.17. The number of nitrogens with one attached hydrogen (secondary N) is 1. The van der Waals surface area contributed by atoms with Gasteiger partial charge in [-0.1, -0.05) is 0 Å². The highest BCUT2D eigenvalue weighted by Gasteiger charge is 2.32. The average molecular weight is 232 g/mol. The summed E-state index contributed by atoms with van der Waals surface area (Å²) < 4.78 is 30.2. The second kappa shape index (κ2) is 3.89. The molecule has 0 saturated carbocycles. The predicted octanol–water partition coefficient (Wildman–Crippen LogP) is -1.28. The molecule has 0 radical (unpaired) electrons. The molecule has 0 aliphatic carbocycles. The standard InChI is InChI=1S/C7H12N4O3S/c8-6-4-14-2-1-11(6)15(12,13)7-3-9-5-10-7/h3,5-6H,1-2,4,8H2,(H,9,10). The van der Waals surface area contributed by atoms with Crippen LogP contribution in [-0.2, 0) is 14.8 Å². The summed E-state index contributed by atoms with van der Waals surface area (Å²) in [6.45, 7) is 0.844. The van der Waals surface area contributed by atoms with Crippen molar-refractivity contribution in [1.29, 1.82) is 0 Å². The molecule has 84 valence electrons. The number of hydrogen-bond donors (Lipinski definition) is 2. The molecule has 1 unspecified atom stereocenters. The van der Waals surface area contributed by atoms with Crippen LogP contribution in [0.3, 0.4) is 0 Å². The zero-order valence-electron chi connectivity index (χ0n) is 7.96. The van der Waals surface area contributed by atoms with Crippen LogP contribution in [0.4, 0.5) is 0 Å². The topological polar surface area (TPSA) is 101 Å². The fraction of sp³-hybridized carbons (Fsp3) is 0.571. The summed E-state index contributed by atoms with van der Waals surface area (Å²) in [6, 6.07) is 0. The van der Waals surface area contributed by atoms with Crippen LogP contribution >= 0.6 is 0 Å². The van der Waals surface area contributed by atoms with Gasteiger partial charge in [0, 0.05) is 6.54 Å². The van der Waals surface area contributed by atoms with Crippen LogP contribution < -0.4 is 5.73 Å². The van der Waals surface area contributed by atoms with Crippen LogP contribution in [0.5, 0.6) is 0 Å². The third kappa shape index (κ3) is 1.88. The Hall–Kier alpha value is -0.960. The van der Waals surface area contributed by atoms with Crippen molar-refractivity contribution in [2.75, 3.05) is 19.8 Å². The molecular weight excluding hydrogens is 220 g/mol. The lowest BCUT2D eigenvalue weighted by atomic mass is 10.4. The quantitative estimate of drug-likeness (QED) is 0.661. The molecule has 1 saturated heterocycles. The van der Waals surface area contributed by atoms with Crippen molar-refractivity contribution in [2.45, 2.75) is 11.2 Å². The maximum absolute atomic E-state index is 12.0. The highest BCUT2D eigenvalue weighted by Crippen LogP contribution is 2.15. The Kier molecular flexibility index (Phi) is 2.74. The molecule has 0 bridgehead atoms. The summed E-state index contributed by atoms with van der Waals surface area (Å²) in [7, 11) is -3.56. The Bertz CT molecular complexity index is 415. The minimum atomic E-state index is -3.56. The van der Waals surface area contributed by atoms with Gasteiger partial charge in [0.15, 0.2) is 5.03 Å². The molecule has 1 aromatic rings. The number of sulfonamides is 1. The molecule has 1 aliphatic rings. The normalized spacial score (nSPS) is 24.2. The molecular formula is C7H12N4O3S. The van der Waals surface area contributed by atoms with Gasteiger partial charge in [-0.15, -0.1) is 0 Å². The average Bonchev–Trinajstić information content (AvgIpc) is 2.71. The van der Waals surface area contributed by atoms with Gasteiger partial charge in [-0.2, -0.15) is 4.31 Å². The van der Waals surface area contributed by atoms with Crippen LogP contribution in [-0.4, -0.2) is 48.6 Å². The zero-order valence-corrected chi connectivity index (χ0v) is 8.77. The number of aromatic nitrogens is 2. The van der Waals surface area contributed by atoms with E-state index in [2.05, 4.69) is 9.97 Å². The number of nitrogens with two attached hydrogens (primary N) is 1. The first-order chi connectivity index (χ1) is 7.12. The van der Waals surface area contributed by atoms with E-state index < -0.39 is 16.2 Å². The molecule has 8 heteroatoms. The number of imidazole rings is 1. The van der Waals surface area contributed by atoms with E-state index in [0.29, 0.717) is 6.61 Å². The maximum Gasteiger partial charge on any atom is 0.261 e. The lowest BCUT2D eigenvalue weighted by Crippen LogP contribution is -2.53. The first-order valence-corrected chi connectivity index (χ1v) is 5.90. The van der Waals surface area contributed by atoms with E-state index in [-0.39, 0.29) is 18.2 Å². The van der Waals surface area contributed by atoms with Gasteiger partial charge in [-0.3, -0.25) is 0 Å². The molecule has 0 spiro atoms. The summed E-state index contributed by atoms with van der Waals surface area (Å²) in [4.78, 5) is 6.23. The minimum absolute atomic E-state index is 0.0554. The summed E-state index contributed by atoms with van der Waals surface area (Å²) in [5.74, 6) is 0. The SMILES string of the molecule is NC1COCCN1S(=O)(=O)c1cnc[nH]1.